The molecule has 8 heteroatoms. The van der Waals surface area contributed by atoms with Crippen molar-refractivity contribution in [1.29, 1.82) is 0 Å². The van der Waals surface area contributed by atoms with Gasteiger partial charge in [0, 0.05) is 18.7 Å². The molecule has 1 heterocycles. The number of hydrogen-bond acceptors (Lipinski definition) is 3. The van der Waals surface area contributed by atoms with Gasteiger partial charge in [0.1, 0.15) is 23.7 Å². The molecule has 0 spiro atoms. The minimum atomic E-state index is -1.76. The van der Waals surface area contributed by atoms with Crippen LogP contribution in [0.5, 0.6) is 0 Å². The molecule has 26 heavy (non-hydrogen) atoms. The lowest BCUT2D eigenvalue weighted by atomic mass is 9.91. The molecule has 1 aliphatic rings. The molecule has 1 aromatic rings. The molecule has 1 atom stereocenters. The molecule has 6 nitrogen and oxygen atoms in total. The van der Waals surface area contributed by atoms with Crippen LogP contribution in [0.3, 0.4) is 0 Å². The van der Waals surface area contributed by atoms with Crippen molar-refractivity contribution in [3.05, 3.63) is 35.4 Å². The molecule has 4 amide bonds. The van der Waals surface area contributed by atoms with Crippen LogP contribution in [0.1, 0.15) is 39.2 Å². The zero-order chi connectivity index (χ0) is 19.5. The van der Waals surface area contributed by atoms with Crippen LogP contribution in [0, 0.1) is 11.6 Å². The van der Waals surface area contributed by atoms with Crippen molar-refractivity contribution >= 4 is 17.8 Å². The van der Waals surface area contributed by atoms with Gasteiger partial charge in [-0.3, -0.25) is 14.5 Å². The zero-order valence-corrected chi connectivity index (χ0v) is 15.1. The summed E-state index contributed by atoms with van der Waals surface area (Å²) >= 11 is 0. The SMILES string of the molecule is CCCN(CCC)C(=O)CN1C(=O)N[C@](C)(c2cc(F)ccc2F)C1=O. The molecule has 1 aromatic carbocycles. The number of urea groups is 1. The van der Waals surface area contributed by atoms with E-state index < -0.39 is 35.7 Å². The fourth-order valence-corrected chi connectivity index (χ4v) is 3.04. The lowest BCUT2D eigenvalue weighted by Crippen LogP contribution is -2.45. The van der Waals surface area contributed by atoms with Crippen LogP contribution in [0.4, 0.5) is 13.6 Å². The van der Waals surface area contributed by atoms with Gasteiger partial charge in [0.05, 0.1) is 0 Å². The lowest BCUT2D eigenvalue weighted by molar-refractivity contribution is -0.139. The first-order valence-electron chi connectivity index (χ1n) is 8.62. The molecule has 1 aliphatic heterocycles. The first-order valence-corrected chi connectivity index (χ1v) is 8.62. The molecule has 1 fully saturated rings. The summed E-state index contributed by atoms with van der Waals surface area (Å²) in [5, 5.41) is 2.38. The largest absolute Gasteiger partial charge is 0.341 e. The fourth-order valence-electron chi connectivity index (χ4n) is 3.04. The second-order valence-electron chi connectivity index (χ2n) is 6.45. The van der Waals surface area contributed by atoms with Crippen LogP contribution in [-0.2, 0) is 15.1 Å². The normalized spacial score (nSPS) is 19.7. The third-order valence-corrected chi connectivity index (χ3v) is 4.38. The van der Waals surface area contributed by atoms with E-state index in [2.05, 4.69) is 5.32 Å². The van der Waals surface area contributed by atoms with Crippen molar-refractivity contribution in [2.75, 3.05) is 19.6 Å². The Bertz CT molecular complexity index is 720. The minimum absolute atomic E-state index is 0.273. The summed E-state index contributed by atoms with van der Waals surface area (Å²) in [5.74, 6) is -2.68. The Kier molecular flexibility index (Phi) is 5.94. The maximum absolute atomic E-state index is 14.1. The van der Waals surface area contributed by atoms with Gasteiger partial charge < -0.3 is 10.2 Å². The third kappa shape index (κ3) is 3.68. The standard InChI is InChI=1S/C18H23F2N3O3/c1-4-8-22(9-5-2)15(24)11-23-16(25)18(3,21-17(23)26)13-10-12(19)6-7-14(13)20/h6-7,10H,4-5,8-9,11H2,1-3H3,(H,21,26)/t18-/m1/s1. The highest BCUT2D eigenvalue weighted by molar-refractivity contribution is 6.09. The maximum Gasteiger partial charge on any atom is 0.325 e. The summed E-state index contributed by atoms with van der Waals surface area (Å²) in [7, 11) is 0. The summed E-state index contributed by atoms with van der Waals surface area (Å²) in [6.07, 6.45) is 1.50. The second kappa shape index (κ2) is 7.80. The first kappa shape index (κ1) is 19.8. The Hall–Kier alpha value is -2.51. The van der Waals surface area contributed by atoms with Crippen LogP contribution in [-0.4, -0.2) is 47.3 Å². The molecular formula is C18H23F2N3O3. The predicted molar refractivity (Wildman–Crippen MR) is 91.1 cm³/mol. The van der Waals surface area contributed by atoms with E-state index in [1.807, 2.05) is 13.8 Å². The Labute approximate surface area is 151 Å². The highest BCUT2D eigenvalue weighted by Gasteiger charge is 2.51. The third-order valence-electron chi connectivity index (χ3n) is 4.38. The van der Waals surface area contributed by atoms with Crippen LogP contribution in [0.25, 0.3) is 0 Å². The molecule has 0 unspecified atom stereocenters. The van der Waals surface area contributed by atoms with E-state index in [-0.39, 0.29) is 11.5 Å². The number of imide groups is 1. The molecule has 0 saturated carbocycles. The average Bonchev–Trinajstić information content (AvgIpc) is 2.80. The number of nitrogens with one attached hydrogen (secondary N) is 1. The predicted octanol–water partition coefficient (Wildman–Crippen LogP) is 2.38. The minimum Gasteiger partial charge on any atom is -0.341 e. The average molecular weight is 367 g/mol. The molecular weight excluding hydrogens is 344 g/mol. The number of amides is 4. The van der Waals surface area contributed by atoms with Gasteiger partial charge in [-0.25, -0.2) is 13.6 Å². The van der Waals surface area contributed by atoms with E-state index in [0.717, 1.165) is 35.9 Å². The molecule has 142 valence electrons. The number of rotatable bonds is 7. The fraction of sp³-hybridized carbons (Fsp3) is 0.500. The van der Waals surface area contributed by atoms with Crippen molar-refractivity contribution in [2.24, 2.45) is 0 Å². The monoisotopic (exact) mass is 367 g/mol. The van der Waals surface area contributed by atoms with Crippen molar-refractivity contribution in [3.8, 4) is 0 Å². The molecule has 1 saturated heterocycles. The van der Waals surface area contributed by atoms with Crippen molar-refractivity contribution in [1.82, 2.24) is 15.1 Å². The van der Waals surface area contributed by atoms with Gasteiger partial charge >= 0.3 is 6.03 Å². The molecule has 0 aliphatic carbocycles. The molecule has 2 rings (SSSR count). The van der Waals surface area contributed by atoms with Crippen molar-refractivity contribution < 1.29 is 23.2 Å². The van der Waals surface area contributed by atoms with Gasteiger partial charge in [0.2, 0.25) is 5.91 Å². The number of nitrogens with zero attached hydrogens (tertiary/aromatic N) is 2. The quantitative estimate of drug-likeness (QED) is 0.753. The summed E-state index contributed by atoms with van der Waals surface area (Å²) < 4.78 is 27.6. The number of carbonyl (C=O) groups is 3. The number of hydrogen-bond donors (Lipinski definition) is 1. The Morgan fingerprint density at radius 3 is 2.38 bits per heavy atom. The zero-order valence-electron chi connectivity index (χ0n) is 15.1. The van der Waals surface area contributed by atoms with Gasteiger partial charge in [0.25, 0.3) is 5.91 Å². The summed E-state index contributed by atoms with van der Waals surface area (Å²) in [6, 6.07) is 1.90. The van der Waals surface area contributed by atoms with Gasteiger partial charge in [-0.1, -0.05) is 13.8 Å². The van der Waals surface area contributed by atoms with Crippen LogP contribution in [0.2, 0.25) is 0 Å². The lowest BCUT2D eigenvalue weighted by Gasteiger charge is -2.25. The Morgan fingerprint density at radius 1 is 1.19 bits per heavy atom. The molecule has 1 N–H and O–H groups in total. The van der Waals surface area contributed by atoms with E-state index in [4.69, 9.17) is 0 Å². The van der Waals surface area contributed by atoms with Crippen LogP contribution >= 0.6 is 0 Å². The van der Waals surface area contributed by atoms with Gasteiger partial charge in [-0.2, -0.15) is 0 Å². The van der Waals surface area contributed by atoms with E-state index >= 15 is 0 Å². The summed E-state index contributed by atoms with van der Waals surface area (Å²) in [6.45, 7) is 5.75. The van der Waals surface area contributed by atoms with Gasteiger partial charge in [-0.15, -0.1) is 0 Å². The molecule has 0 aromatic heterocycles. The van der Waals surface area contributed by atoms with Gasteiger partial charge in [0.15, 0.2) is 0 Å². The smallest absolute Gasteiger partial charge is 0.325 e. The highest BCUT2D eigenvalue weighted by Crippen LogP contribution is 2.31. The Balaban J connectivity index is 2.25. The van der Waals surface area contributed by atoms with Crippen molar-refractivity contribution in [2.45, 2.75) is 39.2 Å². The molecule has 0 radical (unpaired) electrons. The summed E-state index contributed by atoms with van der Waals surface area (Å²) in [4.78, 5) is 39.8. The van der Waals surface area contributed by atoms with Gasteiger partial charge in [-0.05, 0) is 38.0 Å². The second-order valence-corrected chi connectivity index (χ2v) is 6.45. The first-order chi connectivity index (χ1) is 12.2. The number of halogens is 2. The van der Waals surface area contributed by atoms with E-state index in [1.165, 1.54) is 6.92 Å². The van der Waals surface area contributed by atoms with Crippen LogP contribution in [0.15, 0.2) is 18.2 Å². The number of benzene rings is 1. The van der Waals surface area contributed by atoms with E-state index in [1.54, 1.807) is 4.90 Å². The number of carbonyl (C=O) groups excluding carboxylic acids is 3. The summed E-state index contributed by atoms with van der Waals surface area (Å²) in [5.41, 5.74) is -2.03. The Morgan fingerprint density at radius 2 is 1.81 bits per heavy atom. The maximum atomic E-state index is 14.1. The van der Waals surface area contributed by atoms with E-state index in [9.17, 15) is 23.2 Å². The van der Waals surface area contributed by atoms with Crippen molar-refractivity contribution in [3.63, 3.8) is 0 Å². The highest BCUT2D eigenvalue weighted by atomic mass is 19.1. The van der Waals surface area contributed by atoms with Crippen LogP contribution < -0.4 is 5.32 Å². The molecule has 0 bridgehead atoms. The topological polar surface area (TPSA) is 69.7 Å². The van der Waals surface area contributed by atoms with E-state index in [0.29, 0.717) is 13.1 Å².